The molecule has 0 unspecified atom stereocenters. The molecule has 7 nitrogen and oxygen atoms in total. The molecule has 7 heteroatoms. The number of nitrogens with one attached hydrogen (secondary N) is 1. The maximum atomic E-state index is 11.1. The summed E-state index contributed by atoms with van der Waals surface area (Å²) in [6.45, 7) is -0.256. The van der Waals surface area contributed by atoms with Gasteiger partial charge in [0.2, 0.25) is 11.8 Å². The van der Waals surface area contributed by atoms with Crippen LogP contribution in [0, 0.1) is 0 Å². The number of carbonyl (C=O) groups excluding carboxylic acids is 4. The van der Waals surface area contributed by atoms with Crippen molar-refractivity contribution in [3.05, 3.63) is 12.2 Å². The number of imide groups is 1. The molecule has 0 fully saturated rings. The van der Waals surface area contributed by atoms with Crippen molar-refractivity contribution in [1.29, 1.82) is 0 Å². The summed E-state index contributed by atoms with van der Waals surface area (Å²) in [5.41, 5.74) is 4.82. The Hall–Kier alpha value is -2.18. The highest BCUT2D eigenvalue weighted by atomic mass is 16.2. The highest BCUT2D eigenvalue weighted by molar-refractivity contribution is 6.13. The van der Waals surface area contributed by atoms with Crippen molar-refractivity contribution in [2.45, 2.75) is 6.42 Å². The first kappa shape index (κ1) is 11.9. The molecule has 0 atom stereocenters. The summed E-state index contributed by atoms with van der Waals surface area (Å²) >= 11 is 0. The number of hydrogen-bond donors (Lipinski definition) is 2. The molecule has 1 aliphatic rings. The summed E-state index contributed by atoms with van der Waals surface area (Å²) in [4.78, 5) is 44.6. The van der Waals surface area contributed by atoms with E-state index < -0.39 is 23.6 Å². The monoisotopic (exact) mass is 225 g/mol. The lowest BCUT2D eigenvalue weighted by atomic mass is 10.3. The molecule has 16 heavy (non-hydrogen) atoms. The largest absolute Gasteiger partial charge is 0.368 e. The molecular weight excluding hydrogens is 214 g/mol. The number of nitrogens with two attached hydrogens (primary N) is 1. The van der Waals surface area contributed by atoms with Crippen molar-refractivity contribution in [2.24, 2.45) is 5.73 Å². The van der Waals surface area contributed by atoms with Gasteiger partial charge in [0.25, 0.3) is 11.8 Å². The van der Waals surface area contributed by atoms with Crippen LogP contribution in [0.4, 0.5) is 0 Å². The Morgan fingerprint density at radius 2 is 1.81 bits per heavy atom. The van der Waals surface area contributed by atoms with Crippen LogP contribution in [-0.2, 0) is 19.2 Å². The van der Waals surface area contributed by atoms with E-state index in [0.29, 0.717) is 0 Å². The number of nitrogens with zero attached hydrogens (tertiary/aromatic N) is 1. The zero-order chi connectivity index (χ0) is 12.1. The van der Waals surface area contributed by atoms with Gasteiger partial charge in [-0.15, -0.1) is 0 Å². The Morgan fingerprint density at radius 3 is 2.31 bits per heavy atom. The summed E-state index contributed by atoms with van der Waals surface area (Å²) in [6, 6.07) is 0. The number of primary amides is 1. The van der Waals surface area contributed by atoms with Gasteiger partial charge >= 0.3 is 0 Å². The van der Waals surface area contributed by atoms with E-state index in [-0.39, 0.29) is 19.5 Å². The Bertz CT molecular complexity index is 357. The van der Waals surface area contributed by atoms with Gasteiger partial charge in [0.1, 0.15) is 0 Å². The first-order chi connectivity index (χ1) is 7.50. The minimum absolute atomic E-state index is 0.00470. The van der Waals surface area contributed by atoms with Crippen LogP contribution in [0.15, 0.2) is 12.2 Å². The zero-order valence-corrected chi connectivity index (χ0v) is 8.43. The third-order valence-electron chi connectivity index (χ3n) is 1.92. The summed E-state index contributed by atoms with van der Waals surface area (Å²) in [6.07, 6.45) is 2.24. The molecule has 0 aliphatic carbocycles. The fourth-order valence-electron chi connectivity index (χ4n) is 1.14. The van der Waals surface area contributed by atoms with Gasteiger partial charge < -0.3 is 11.1 Å². The Labute approximate surface area is 91.3 Å². The van der Waals surface area contributed by atoms with Crippen LogP contribution in [0.3, 0.4) is 0 Å². The molecule has 1 heterocycles. The smallest absolute Gasteiger partial charge is 0.253 e. The summed E-state index contributed by atoms with van der Waals surface area (Å²) < 4.78 is 0. The van der Waals surface area contributed by atoms with E-state index in [1.54, 1.807) is 0 Å². The van der Waals surface area contributed by atoms with Crippen molar-refractivity contribution in [2.75, 3.05) is 13.1 Å². The molecule has 0 aromatic carbocycles. The number of hydrogen-bond acceptors (Lipinski definition) is 4. The van der Waals surface area contributed by atoms with E-state index in [9.17, 15) is 19.2 Å². The first-order valence-corrected chi connectivity index (χ1v) is 4.59. The average Bonchev–Trinajstić information content (AvgIpc) is 2.53. The predicted octanol–water partition coefficient (Wildman–Crippen LogP) is -2.10. The van der Waals surface area contributed by atoms with Gasteiger partial charge in [-0.25, -0.2) is 0 Å². The van der Waals surface area contributed by atoms with E-state index in [2.05, 4.69) is 5.32 Å². The van der Waals surface area contributed by atoms with Gasteiger partial charge in [-0.1, -0.05) is 0 Å². The van der Waals surface area contributed by atoms with E-state index in [1.807, 2.05) is 0 Å². The average molecular weight is 225 g/mol. The van der Waals surface area contributed by atoms with Gasteiger partial charge in [-0.3, -0.25) is 24.1 Å². The normalized spacial score (nSPS) is 14.4. The quantitative estimate of drug-likeness (QED) is 0.522. The second kappa shape index (κ2) is 5.06. The minimum Gasteiger partial charge on any atom is -0.368 e. The van der Waals surface area contributed by atoms with Crippen LogP contribution >= 0.6 is 0 Å². The van der Waals surface area contributed by atoms with Gasteiger partial charge in [-0.2, -0.15) is 0 Å². The third kappa shape index (κ3) is 3.19. The Morgan fingerprint density at radius 1 is 1.25 bits per heavy atom. The number of rotatable bonds is 5. The topological polar surface area (TPSA) is 110 Å². The van der Waals surface area contributed by atoms with E-state index in [4.69, 9.17) is 5.73 Å². The molecule has 86 valence electrons. The van der Waals surface area contributed by atoms with Crippen molar-refractivity contribution in [3.63, 3.8) is 0 Å². The number of amides is 4. The fraction of sp³-hybridized carbons (Fsp3) is 0.333. The molecule has 3 N–H and O–H groups in total. The highest BCUT2D eigenvalue weighted by Crippen LogP contribution is 2.03. The molecule has 1 rings (SSSR count). The van der Waals surface area contributed by atoms with E-state index in [1.165, 1.54) is 0 Å². The van der Waals surface area contributed by atoms with Gasteiger partial charge in [-0.05, 0) is 0 Å². The van der Waals surface area contributed by atoms with E-state index in [0.717, 1.165) is 17.1 Å². The summed E-state index contributed by atoms with van der Waals surface area (Å²) in [7, 11) is 0. The van der Waals surface area contributed by atoms with Gasteiger partial charge in [0.15, 0.2) is 0 Å². The maximum Gasteiger partial charge on any atom is 0.253 e. The van der Waals surface area contributed by atoms with E-state index >= 15 is 0 Å². The lowest BCUT2D eigenvalue weighted by molar-refractivity contribution is -0.137. The van der Waals surface area contributed by atoms with Gasteiger partial charge in [0, 0.05) is 25.1 Å². The fourth-order valence-corrected chi connectivity index (χ4v) is 1.14. The molecule has 0 saturated heterocycles. The molecule has 4 amide bonds. The molecule has 0 aromatic heterocycles. The standard InChI is InChI=1S/C9H11N3O4/c10-6(13)5-11-7(14)3-4-12-8(15)1-2-9(12)16/h1-2H,3-5H2,(H2,10,13)(H,11,14). The van der Waals surface area contributed by atoms with Crippen molar-refractivity contribution in [1.82, 2.24) is 10.2 Å². The second-order valence-corrected chi connectivity index (χ2v) is 3.15. The zero-order valence-electron chi connectivity index (χ0n) is 8.43. The Balaban J connectivity index is 2.29. The second-order valence-electron chi connectivity index (χ2n) is 3.15. The van der Waals surface area contributed by atoms with Crippen LogP contribution < -0.4 is 11.1 Å². The van der Waals surface area contributed by atoms with Gasteiger partial charge in [0.05, 0.1) is 6.54 Å². The molecule has 0 radical (unpaired) electrons. The maximum absolute atomic E-state index is 11.1. The van der Waals surface area contributed by atoms with Crippen LogP contribution in [-0.4, -0.2) is 41.6 Å². The molecule has 0 spiro atoms. The highest BCUT2D eigenvalue weighted by Gasteiger charge is 2.23. The number of carbonyl (C=O) groups is 4. The summed E-state index contributed by atoms with van der Waals surface area (Å²) in [5.74, 6) is -1.96. The molecule has 0 bridgehead atoms. The Kier molecular flexibility index (Phi) is 3.76. The van der Waals surface area contributed by atoms with Crippen LogP contribution in [0.25, 0.3) is 0 Å². The lowest BCUT2D eigenvalue weighted by Gasteiger charge is -2.12. The van der Waals surface area contributed by atoms with Crippen LogP contribution in [0.2, 0.25) is 0 Å². The van der Waals surface area contributed by atoms with Crippen molar-refractivity contribution in [3.8, 4) is 0 Å². The molecule has 0 saturated carbocycles. The molecule has 0 aromatic rings. The first-order valence-electron chi connectivity index (χ1n) is 4.59. The third-order valence-corrected chi connectivity index (χ3v) is 1.92. The van der Waals surface area contributed by atoms with Crippen LogP contribution in [0.5, 0.6) is 0 Å². The molecular formula is C9H11N3O4. The van der Waals surface area contributed by atoms with Crippen LogP contribution in [0.1, 0.15) is 6.42 Å². The lowest BCUT2D eigenvalue weighted by Crippen LogP contribution is -2.37. The van der Waals surface area contributed by atoms with Crippen molar-refractivity contribution >= 4 is 23.6 Å². The summed E-state index contributed by atoms with van der Waals surface area (Å²) in [5, 5.41) is 2.25. The molecule has 1 aliphatic heterocycles. The minimum atomic E-state index is -0.650. The predicted molar refractivity (Wildman–Crippen MR) is 52.7 cm³/mol. The SMILES string of the molecule is NC(=O)CNC(=O)CCN1C(=O)C=CC1=O. The van der Waals surface area contributed by atoms with Crippen molar-refractivity contribution < 1.29 is 19.2 Å².